The fraction of sp³-hybridized carbons (Fsp3) is 0.529. The van der Waals surface area contributed by atoms with Crippen LogP contribution in [0, 0.1) is 0 Å². The van der Waals surface area contributed by atoms with Gasteiger partial charge in [0.15, 0.2) is 0 Å². The van der Waals surface area contributed by atoms with Crippen molar-refractivity contribution in [3.8, 4) is 0 Å². The number of rotatable bonds is 3. The second-order valence-corrected chi connectivity index (χ2v) is 8.19. The van der Waals surface area contributed by atoms with Crippen LogP contribution in [0.15, 0.2) is 27.5 Å². The van der Waals surface area contributed by atoms with E-state index in [2.05, 4.69) is 4.72 Å². The zero-order chi connectivity index (χ0) is 15.2. The minimum atomic E-state index is -3.45. The van der Waals surface area contributed by atoms with Gasteiger partial charge in [0.25, 0.3) is 0 Å². The van der Waals surface area contributed by atoms with E-state index in [1.165, 1.54) is 12.0 Å². The number of nitrogens with one attached hydrogen (secondary N) is 1. The van der Waals surface area contributed by atoms with Gasteiger partial charge in [0.05, 0.1) is 4.90 Å². The van der Waals surface area contributed by atoms with Gasteiger partial charge in [-0.05, 0) is 44.2 Å². The number of furan rings is 1. The maximum Gasteiger partial charge on any atom is 0.240 e. The third-order valence-electron chi connectivity index (χ3n) is 4.92. The van der Waals surface area contributed by atoms with E-state index in [1.807, 2.05) is 6.07 Å². The predicted molar refractivity (Wildman–Crippen MR) is 85.4 cm³/mol. The molecule has 118 valence electrons. The third-order valence-corrected chi connectivity index (χ3v) is 6.43. The molecular formula is C17H21NO3S. The summed E-state index contributed by atoms with van der Waals surface area (Å²) in [5, 5.41) is 1.08. The van der Waals surface area contributed by atoms with Crippen LogP contribution in [0.2, 0.25) is 0 Å². The Morgan fingerprint density at radius 3 is 2.64 bits per heavy atom. The Bertz CT molecular complexity index is 801. The molecule has 1 aromatic carbocycles. The first-order chi connectivity index (χ1) is 10.6. The van der Waals surface area contributed by atoms with Gasteiger partial charge in [0.2, 0.25) is 10.0 Å². The van der Waals surface area contributed by atoms with E-state index in [0.717, 1.165) is 56.1 Å². The van der Waals surface area contributed by atoms with E-state index >= 15 is 0 Å². The van der Waals surface area contributed by atoms with Crippen molar-refractivity contribution in [2.45, 2.75) is 62.3 Å². The van der Waals surface area contributed by atoms with Crippen LogP contribution < -0.4 is 4.72 Å². The van der Waals surface area contributed by atoms with E-state index in [9.17, 15) is 8.42 Å². The highest BCUT2D eigenvalue weighted by molar-refractivity contribution is 7.89. The standard InChI is InChI=1S/C17H21NO3S/c19-22(20,18-12-5-1-2-6-12)13-9-10-15-14-7-3-4-8-16(14)21-17(15)11-13/h9-12,18H,1-8H2. The first kappa shape index (κ1) is 14.3. The van der Waals surface area contributed by atoms with Crippen molar-refractivity contribution < 1.29 is 12.8 Å². The molecule has 0 unspecified atom stereocenters. The van der Waals surface area contributed by atoms with E-state index in [4.69, 9.17) is 4.42 Å². The molecule has 1 saturated carbocycles. The summed E-state index contributed by atoms with van der Waals surface area (Å²) in [5.41, 5.74) is 1.98. The fourth-order valence-corrected chi connectivity index (χ4v) is 5.06. The summed E-state index contributed by atoms with van der Waals surface area (Å²) < 4.78 is 33.8. The number of sulfonamides is 1. The normalized spacial score (nSPS) is 19.6. The van der Waals surface area contributed by atoms with Crippen LogP contribution in [0.3, 0.4) is 0 Å². The summed E-state index contributed by atoms with van der Waals surface area (Å²) in [6, 6.07) is 5.40. The average Bonchev–Trinajstić information content (AvgIpc) is 3.13. The molecule has 5 heteroatoms. The van der Waals surface area contributed by atoms with Gasteiger partial charge in [-0.25, -0.2) is 13.1 Å². The highest BCUT2D eigenvalue weighted by atomic mass is 32.2. The smallest absolute Gasteiger partial charge is 0.240 e. The monoisotopic (exact) mass is 319 g/mol. The highest BCUT2D eigenvalue weighted by Crippen LogP contribution is 2.33. The summed E-state index contributed by atoms with van der Waals surface area (Å²) in [4.78, 5) is 0.318. The topological polar surface area (TPSA) is 59.3 Å². The van der Waals surface area contributed by atoms with Crippen LogP contribution in [0.25, 0.3) is 11.0 Å². The predicted octanol–water partition coefficient (Wildman–Crippen LogP) is 3.53. The molecule has 1 heterocycles. The Hall–Kier alpha value is -1.33. The Morgan fingerprint density at radius 2 is 1.82 bits per heavy atom. The van der Waals surface area contributed by atoms with Crippen molar-refractivity contribution in [2.24, 2.45) is 0 Å². The Labute approximate surface area is 130 Å². The van der Waals surface area contributed by atoms with Crippen molar-refractivity contribution in [1.29, 1.82) is 0 Å². The van der Waals surface area contributed by atoms with Gasteiger partial charge in [-0.2, -0.15) is 0 Å². The molecule has 0 atom stereocenters. The first-order valence-electron chi connectivity index (χ1n) is 8.20. The number of benzene rings is 1. The number of hydrogen-bond donors (Lipinski definition) is 1. The molecule has 0 radical (unpaired) electrons. The maximum atomic E-state index is 12.5. The number of aryl methyl sites for hydroxylation is 2. The molecule has 2 aliphatic carbocycles. The van der Waals surface area contributed by atoms with E-state index in [-0.39, 0.29) is 6.04 Å². The molecule has 1 fully saturated rings. The van der Waals surface area contributed by atoms with Crippen LogP contribution in [0.5, 0.6) is 0 Å². The Kier molecular flexibility index (Phi) is 3.50. The lowest BCUT2D eigenvalue weighted by Gasteiger charge is -2.12. The first-order valence-corrected chi connectivity index (χ1v) is 9.68. The van der Waals surface area contributed by atoms with E-state index in [1.54, 1.807) is 12.1 Å². The van der Waals surface area contributed by atoms with Crippen molar-refractivity contribution in [1.82, 2.24) is 4.72 Å². The van der Waals surface area contributed by atoms with Gasteiger partial charge in [0, 0.05) is 29.5 Å². The molecule has 4 rings (SSSR count). The van der Waals surface area contributed by atoms with Crippen LogP contribution in [0.1, 0.15) is 49.8 Å². The molecule has 2 aromatic rings. The average molecular weight is 319 g/mol. The van der Waals surface area contributed by atoms with Gasteiger partial charge in [-0.15, -0.1) is 0 Å². The maximum absolute atomic E-state index is 12.5. The molecule has 0 bridgehead atoms. The van der Waals surface area contributed by atoms with Gasteiger partial charge >= 0.3 is 0 Å². The number of hydrogen-bond acceptors (Lipinski definition) is 3. The van der Waals surface area contributed by atoms with E-state index < -0.39 is 10.0 Å². The quantitative estimate of drug-likeness (QED) is 0.941. The van der Waals surface area contributed by atoms with Gasteiger partial charge in [-0.3, -0.25) is 0 Å². The van der Waals surface area contributed by atoms with Crippen molar-refractivity contribution in [3.05, 3.63) is 29.5 Å². The van der Waals surface area contributed by atoms with Gasteiger partial charge < -0.3 is 4.42 Å². The Balaban J connectivity index is 1.69. The van der Waals surface area contributed by atoms with Gasteiger partial charge in [0.1, 0.15) is 11.3 Å². The van der Waals surface area contributed by atoms with Crippen molar-refractivity contribution >= 4 is 21.0 Å². The second-order valence-electron chi connectivity index (χ2n) is 6.47. The molecule has 1 N–H and O–H groups in total. The second kappa shape index (κ2) is 5.39. The molecule has 0 saturated heterocycles. The van der Waals surface area contributed by atoms with Crippen LogP contribution in [0.4, 0.5) is 0 Å². The Morgan fingerprint density at radius 1 is 1.05 bits per heavy atom. The molecule has 22 heavy (non-hydrogen) atoms. The summed E-state index contributed by atoms with van der Waals surface area (Å²) in [5.74, 6) is 1.04. The van der Waals surface area contributed by atoms with Crippen LogP contribution in [-0.4, -0.2) is 14.5 Å². The fourth-order valence-electron chi connectivity index (χ4n) is 3.74. The van der Waals surface area contributed by atoms with E-state index in [0.29, 0.717) is 10.5 Å². The third kappa shape index (κ3) is 2.46. The minimum absolute atomic E-state index is 0.0884. The highest BCUT2D eigenvalue weighted by Gasteiger charge is 2.24. The van der Waals surface area contributed by atoms with Crippen LogP contribution in [-0.2, 0) is 22.9 Å². The van der Waals surface area contributed by atoms with Crippen molar-refractivity contribution in [2.75, 3.05) is 0 Å². The number of fused-ring (bicyclic) bond motifs is 3. The molecule has 4 nitrogen and oxygen atoms in total. The molecule has 2 aliphatic rings. The molecule has 0 spiro atoms. The lowest BCUT2D eigenvalue weighted by Crippen LogP contribution is -2.32. The SMILES string of the molecule is O=S(=O)(NC1CCCC1)c1ccc2c3c(oc2c1)CCCC3. The zero-order valence-electron chi connectivity index (χ0n) is 12.6. The molecule has 0 aliphatic heterocycles. The summed E-state index contributed by atoms with van der Waals surface area (Å²) in [6.45, 7) is 0. The zero-order valence-corrected chi connectivity index (χ0v) is 13.4. The van der Waals surface area contributed by atoms with Crippen molar-refractivity contribution in [3.63, 3.8) is 0 Å². The summed E-state index contributed by atoms with van der Waals surface area (Å²) >= 11 is 0. The largest absolute Gasteiger partial charge is 0.461 e. The lowest BCUT2D eigenvalue weighted by atomic mass is 9.96. The van der Waals surface area contributed by atoms with Crippen LogP contribution >= 0.6 is 0 Å². The summed E-state index contributed by atoms with van der Waals surface area (Å²) in [7, 11) is -3.45. The molecule has 0 amide bonds. The van der Waals surface area contributed by atoms with Gasteiger partial charge in [-0.1, -0.05) is 12.8 Å². The molecule has 1 aromatic heterocycles. The minimum Gasteiger partial charge on any atom is -0.461 e. The summed E-state index contributed by atoms with van der Waals surface area (Å²) in [6.07, 6.45) is 8.44. The lowest BCUT2D eigenvalue weighted by molar-refractivity contribution is 0.505. The molecular weight excluding hydrogens is 298 g/mol.